The maximum Gasteiger partial charge on any atom is 0.471 e. The molecule has 2 aromatic rings. The Morgan fingerprint density at radius 2 is 1.76 bits per heavy atom. The maximum atomic E-state index is 14.5. The highest BCUT2D eigenvalue weighted by Crippen LogP contribution is 2.29. The minimum absolute atomic E-state index is 0.0223. The minimum Gasteiger partial charge on any atom is -0.486 e. The van der Waals surface area contributed by atoms with E-state index in [-0.39, 0.29) is 29.1 Å². The van der Waals surface area contributed by atoms with Crippen LogP contribution in [-0.4, -0.2) is 49.1 Å². The van der Waals surface area contributed by atoms with Crippen LogP contribution in [0.15, 0.2) is 60.4 Å². The van der Waals surface area contributed by atoms with Crippen molar-refractivity contribution in [1.29, 1.82) is 0 Å². The first-order chi connectivity index (χ1) is 16.2. The topological polar surface area (TPSA) is 58.6 Å². The fraction of sp³-hybridized carbons (Fsp3) is 0.333. The summed E-state index contributed by atoms with van der Waals surface area (Å²) in [6.45, 7) is -0.281. The van der Waals surface area contributed by atoms with Gasteiger partial charge in [-0.2, -0.15) is 13.2 Å². The highest BCUT2D eigenvalue weighted by atomic mass is 19.4. The van der Waals surface area contributed by atoms with Gasteiger partial charge in [-0.25, -0.2) is 8.78 Å². The van der Waals surface area contributed by atoms with Gasteiger partial charge in [-0.05, 0) is 42.5 Å². The van der Waals surface area contributed by atoms with Crippen molar-refractivity contribution in [3.05, 3.63) is 77.4 Å². The van der Waals surface area contributed by atoms with Crippen LogP contribution in [0.25, 0.3) is 0 Å². The van der Waals surface area contributed by atoms with Crippen LogP contribution in [-0.2, 0) is 4.79 Å². The molecule has 0 spiro atoms. The van der Waals surface area contributed by atoms with Gasteiger partial charge in [0.1, 0.15) is 6.61 Å². The van der Waals surface area contributed by atoms with Crippen LogP contribution >= 0.6 is 0 Å². The van der Waals surface area contributed by atoms with Crippen molar-refractivity contribution in [2.45, 2.75) is 24.9 Å². The molecule has 0 atom stereocenters. The molecule has 182 valence electrons. The molecule has 1 N–H and O–H groups in total. The molecule has 1 aliphatic rings. The smallest absolute Gasteiger partial charge is 0.471 e. The largest absolute Gasteiger partial charge is 0.486 e. The van der Waals surface area contributed by atoms with Crippen molar-refractivity contribution in [2.24, 2.45) is 0 Å². The van der Waals surface area contributed by atoms with Crippen LogP contribution in [0.3, 0.4) is 0 Å². The monoisotopic (exact) mass is 482 g/mol. The summed E-state index contributed by atoms with van der Waals surface area (Å²) >= 11 is 0. The molecule has 1 fully saturated rings. The third-order valence-electron chi connectivity index (χ3n) is 5.53. The highest BCUT2D eigenvalue weighted by molar-refractivity contribution is 5.94. The molecule has 0 saturated carbocycles. The third kappa shape index (κ3) is 6.55. The Kier molecular flexibility index (Phi) is 8.25. The summed E-state index contributed by atoms with van der Waals surface area (Å²) in [6.07, 6.45) is -3.54. The van der Waals surface area contributed by atoms with Gasteiger partial charge in [0.25, 0.3) is 5.91 Å². The SMILES string of the molecule is O=C(c1ccc(OC/C(=C/F)CNC(=O)C(F)(F)F)c(F)c1)N1CCC(c2ccccc2)CC1. The van der Waals surface area contributed by atoms with Crippen LogP contribution < -0.4 is 10.1 Å². The number of nitrogens with one attached hydrogen (secondary N) is 1. The Balaban J connectivity index is 1.53. The Bertz CT molecular complexity index is 1030. The van der Waals surface area contributed by atoms with Crippen molar-refractivity contribution in [2.75, 3.05) is 26.2 Å². The van der Waals surface area contributed by atoms with Gasteiger partial charge in [0, 0.05) is 30.8 Å². The van der Waals surface area contributed by atoms with E-state index in [2.05, 4.69) is 12.1 Å². The number of hydrogen-bond donors (Lipinski definition) is 1. The summed E-state index contributed by atoms with van der Waals surface area (Å²) in [5, 5.41) is 1.50. The van der Waals surface area contributed by atoms with Crippen LogP contribution in [0.4, 0.5) is 22.0 Å². The zero-order valence-corrected chi connectivity index (χ0v) is 18.1. The van der Waals surface area contributed by atoms with Crippen molar-refractivity contribution < 1.29 is 36.3 Å². The lowest BCUT2D eigenvalue weighted by atomic mass is 9.89. The molecular weight excluding hydrogens is 459 g/mol. The van der Waals surface area contributed by atoms with E-state index in [1.807, 2.05) is 18.2 Å². The van der Waals surface area contributed by atoms with E-state index in [0.29, 0.717) is 19.0 Å². The molecule has 1 aliphatic heterocycles. The Labute approximate surface area is 193 Å². The van der Waals surface area contributed by atoms with Gasteiger partial charge >= 0.3 is 12.1 Å². The van der Waals surface area contributed by atoms with Gasteiger partial charge in [0.05, 0.1) is 6.33 Å². The Morgan fingerprint density at radius 1 is 1.09 bits per heavy atom. The number of rotatable bonds is 7. The van der Waals surface area contributed by atoms with Crippen molar-refractivity contribution >= 4 is 11.8 Å². The fourth-order valence-electron chi connectivity index (χ4n) is 3.66. The number of ether oxygens (including phenoxy) is 1. The molecule has 2 amide bonds. The maximum absolute atomic E-state index is 14.5. The molecule has 10 heteroatoms. The highest BCUT2D eigenvalue weighted by Gasteiger charge is 2.38. The standard InChI is InChI=1S/C24H23F5N2O3/c25-13-16(14-30-23(33)24(27,28)29)15-34-21-7-6-19(12-20(21)26)22(32)31-10-8-18(9-11-31)17-4-2-1-3-5-17/h1-7,12-13,18H,8-11,14-15H2,(H,30,33)/b16-13+. The third-order valence-corrected chi connectivity index (χ3v) is 5.53. The fourth-order valence-corrected chi connectivity index (χ4v) is 3.66. The number of amides is 2. The van der Waals surface area contributed by atoms with Crippen LogP contribution in [0.2, 0.25) is 0 Å². The molecule has 1 heterocycles. The summed E-state index contributed by atoms with van der Waals surface area (Å²) in [4.78, 5) is 25.2. The summed E-state index contributed by atoms with van der Waals surface area (Å²) in [7, 11) is 0. The van der Waals surface area contributed by atoms with Crippen LogP contribution in [0.1, 0.15) is 34.7 Å². The van der Waals surface area contributed by atoms with Gasteiger partial charge < -0.3 is 15.0 Å². The number of halogens is 5. The van der Waals surface area contributed by atoms with Crippen LogP contribution in [0.5, 0.6) is 5.75 Å². The first kappa shape index (κ1) is 25.2. The van der Waals surface area contributed by atoms with E-state index < -0.39 is 31.1 Å². The van der Waals surface area contributed by atoms with Gasteiger partial charge in [-0.1, -0.05) is 30.3 Å². The number of nitrogens with zero attached hydrogens (tertiary/aromatic N) is 1. The van der Waals surface area contributed by atoms with Gasteiger partial charge in [-0.3, -0.25) is 9.59 Å². The molecule has 2 aromatic carbocycles. The lowest BCUT2D eigenvalue weighted by Crippen LogP contribution is -2.38. The summed E-state index contributed by atoms with van der Waals surface area (Å²) in [5.74, 6) is -3.37. The van der Waals surface area contributed by atoms with E-state index in [4.69, 9.17) is 4.74 Å². The summed E-state index contributed by atoms with van der Waals surface area (Å²) < 4.78 is 69.1. The molecule has 0 unspecified atom stereocenters. The van der Waals surface area contributed by atoms with Crippen molar-refractivity contribution in [3.8, 4) is 5.75 Å². The molecule has 5 nitrogen and oxygen atoms in total. The number of benzene rings is 2. The molecular formula is C24H23F5N2O3. The lowest BCUT2D eigenvalue weighted by molar-refractivity contribution is -0.173. The van der Waals surface area contributed by atoms with E-state index in [9.17, 15) is 31.5 Å². The van der Waals surface area contributed by atoms with Crippen molar-refractivity contribution in [1.82, 2.24) is 10.2 Å². The number of alkyl halides is 3. The van der Waals surface area contributed by atoms with E-state index in [1.165, 1.54) is 23.0 Å². The van der Waals surface area contributed by atoms with Gasteiger partial charge in [0.15, 0.2) is 11.6 Å². The number of carbonyl (C=O) groups is 2. The zero-order chi connectivity index (χ0) is 24.7. The van der Waals surface area contributed by atoms with E-state index in [1.54, 1.807) is 4.90 Å². The molecule has 0 radical (unpaired) electrons. The van der Waals surface area contributed by atoms with Gasteiger partial charge in [0.2, 0.25) is 0 Å². The molecule has 0 aliphatic carbocycles. The van der Waals surface area contributed by atoms with E-state index >= 15 is 0 Å². The molecule has 34 heavy (non-hydrogen) atoms. The Hall–Kier alpha value is -3.43. The Morgan fingerprint density at radius 3 is 2.35 bits per heavy atom. The van der Waals surface area contributed by atoms with Crippen LogP contribution in [0, 0.1) is 5.82 Å². The first-order valence-corrected chi connectivity index (χ1v) is 10.6. The average molecular weight is 482 g/mol. The van der Waals surface area contributed by atoms with E-state index in [0.717, 1.165) is 18.9 Å². The number of carbonyl (C=O) groups excluding carboxylic acids is 2. The summed E-state index contributed by atoms with van der Waals surface area (Å²) in [5.41, 5.74) is 1.02. The first-order valence-electron chi connectivity index (χ1n) is 10.6. The second-order valence-electron chi connectivity index (χ2n) is 7.86. The minimum atomic E-state index is -5.10. The molecule has 0 bridgehead atoms. The number of likely N-dealkylation sites (tertiary alicyclic amines) is 1. The lowest BCUT2D eigenvalue weighted by Gasteiger charge is -2.32. The van der Waals surface area contributed by atoms with Crippen molar-refractivity contribution in [3.63, 3.8) is 0 Å². The molecule has 1 saturated heterocycles. The second kappa shape index (κ2) is 11.1. The average Bonchev–Trinajstić information content (AvgIpc) is 2.84. The predicted molar refractivity (Wildman–Crippen MR) is 114 cm³/mol. The summed E-state index contributed by atoms with van der Waals surface area (Å²) in [6, 6.07) is 13.6. The predicted octanol–water partition coefficient (Wildman–Crippen LogP) is 4.76. The normalized spacial score (nSPS) is 15.2. The quantitative estimate of drug-likeness (QED) is 0.580. The molecule has 0 aromatic heterocycles. The molecule has 3 rings (SSSR count). The number of piperidine rings is 1. The second-order valence-corrected chi connectivity index (χ2v) is 7.86. The van der Waals surface area contributed by atoms with Gasteiger partial charge in [-0.15, -0.1) is 0 Å². The zero-order valence-electron chi connectivity index (χ0n) is 18.1. The number of hydrogen-bond acceptors (Lipinski definition) is 3.